The predicted octanol–water partition coefficient (Wildman–Crippen LogP) is 3.08. The fourth-order valence-electron chi connectivity index (χ4n) is 1.66. The van der Waals surface area contributed by atoms with Crippen molar-refractivity contribution in [3.8, 4) is 0 Å². The Labute approximate surface area is 121 Å². The number of nitrogens with zero attached hydrogens (tertiary/aromatic N) is 1. The highest BCUT2D eigenvalue weighted by Crippen LogP contribution is 2.16. The molecule has 1 rings (SSSR count). The van der Waals surface area contributed by atoms with Gasteiger partial charge in [-0.05, 0) is 30.7 Å². The number of halogens is 2. The van der Waals surface area contributed by atoms with Crippen molar-refractivity contribution >= 4 is 33.4 Å². The first-order valence-corrected chi connectivity index (χ1v) is 7.02. The quantitative estimate of drug-likeness (QED) is 0.748. The van der Waals surface area contributed by atoms with Crippen LogP contribution in [0.15, 0.2) is 22.7 Å². The Morgan fingerprint density at radius 1 is 1.39 bits per heavy atom. The van der Waals surface area contributed by atoms with E-state index in [2.05, 4.69) is 15.9 Å². The van der Waals surface area contributed by atoms with E-state index in [-0.39, 0.29) is 5.91 Å². The number of ether oxygens (including phenoxy) is 1. The van der Waals surface area contributed by atoms with Crippen molar-refractivity contribution in [1.29, 1.82) is 0 Å². The standard InChI is InChI=1S/C13H17BrClNO2/c1-10-7-11(9-12(14)8-10)13(17)16(4-3-15)5-6-18-2/h7-9H,3-6H2,1-2H3. The summed E-state index contributed by atoms with van der Waals surface area (Å²) in [6.45, 7) is 3.54. The zero-order valence-electron chi connectivity index (χ0n) is 10.6. The lowest BCUT2D eigenvalue weighted by atomic mass is 10.1. The Hall–Kier alpha value is -0.580. The van der Waals surface area contributed by atoms with Crippen molar-refractivity contribution < 1.29 is 9.53 Å². The molecule has 5 heteroatoms. The molecule has 0 saturated heterocycles. The lowest BCUT2D eigenvalue weighted by molar-refractivity contribution is 0.0707. The average molecular weight is 335 g/mol. The first-order chi connectivity index (χ1) is 8.58. The molecular formula is C13H17BrClNO2. The van der Waals surface area contributed by atoms with Crippen molar-refractivity contribution in [2.45, 2.75) is 6.92 Å². The number of carbonyl (C=O) groups is 1. The van der Waals surface area contributed by atoms with Crippen molar-refractivity contribution in [2.75, 3.05) is 32.7 Å². The van der Waals surface area contributed by atoms with Crippen molar-refractivity contribution in [3.05, 3.63) is 33.8 Å². The number of benzene rings is 1. The highest BCUT2D eigenvalue weighted by atomic mass is 79.9. The van der Waals surface area contributed by atoms with E-state index in [1.165, 1.54) is 0 Å². The summed E-state index contributed by atoms with van der Waals surface area (Å²) in [7, 11) is 1.62. The van der Waals surface area contributed by atoms with E-state index in [0.29, 0.717) is 31.1 Å². The van der Waals surface area contributed by atoms with Crippen LogP contribution in [0, 0.1) is 6.92 Å². The van der Waals surface area contributed by atoms with Crippen LogP contribution >= 0.6 is 27.5 Å². The van der Waals surface area contributed by atoms with Crippen LogP contribution in [0.1, 0.15) is 15.9 Å². The monoisotopic (exact) mass is 333 g/mol. The van der Waals surface area contributed by atoms with Gasteiger partial charge in [0.1, 0.15) is 0 Å². The van der Waals surface area contributed by atoms with Crippen LogP contribution in [0.2, 0.25) is 0 Å². The Morgan fingerprint density at radius 2 is 2.11 bits per heavy atom. The Kier molecular flexibility index (Phi) is 6.68. The molecule has 18 heavy (non-hydrogen) atoms. The first-order valence-electron chi connectivity index (χ1n) is 5.70. The predicted molar refractivity (Wildman–Crippen MR) is 77.4 cm³/mol. The molecule has 0 aromatic heterocycles. The molecule has 0 unspecified atom stereocenters. The molecule has 100 valence electrons. The van der Waals surface area contributed by atoms with Gasteiger partial charge in [-0.2, -0.15) is 0 Å². The minimum atomic E-state index is -0.0166. The maximum Gasteiger partial charge on any atom is 0.254 e. The minimum absolute atomic E-state index is 0.0166. The SMILES string of the molecule is COCCN(CCCl)C(=O)c1cc(C)cc(Br)c1. The molecule has 0 spiro atoms. The fourth-order valence-corrected chi connectivity index (χ4v) is 2.47. The van der Waals surface area contributed by atoms with Gasteiger partial charge in [0.05, 0.1) is 6.61 Å². The normalized spacial score (nSPS) is 10.4. The maximum atomic E-state index is 12.3. The molecule has 0 heterocycles. The van der Waals surface area contributed by atoms with Gasteiger partial charge >= 0.3 is 0 Å². The molecule has 0 bridgehead atoms. The van der Waals surface area contributed by atoms with Crippen LogP contribution in [0.5, 0.6) is 0 Å². The van der Waals surface area contributed by atoms with E-state index in [9.17, 15) is 4.79 Å². The van der Waals surface area contributed by atoms with Crippen LogP contribution in [0.25, 0.3) is 0 Å². The molecule has 0 atom stereocenters. The summed E-state index contributed by atoms with van der Waals surface area (Å²) >= 11 is 9.13. The Morgan fingerprint density at radius 3 is 2.67 bits per heavy atom. The largest absolute Gasteiger partial charge is 0.383 e. The van der Waals surface area contributed by atoms with Gasteiger partial charge in [0.2, 0.25) is 0 Å². The van der Waals surface area contributed by atoms with Gasteiger partial charge in [0.25, 0.3) is 5.91 Å². The summed E-state index contributed by atoms with van der Waals surface area (Å²) in [5.41, 5.74) is 1.72. The topological polar surface area (TPSA) is 29.5 Å². The number of amides is 1. The third-order valence-corrected chi connectivity index (χ3v) is 3.12. The van der Waals surface area contributed by atoms with Gasteiger partial charge in [-0.1, -0.05) is 15.9 Å². The first kappa shape index (κ1) is 15.5. The summed E-state index contributed by atoms with van der Waals surface area (Å²) < 4.78 is 5.91. The molecule has 1 amide bonds. The zero-order valence-corrected chi connectivity index (χ0v) is 12.9. The number of methoxy groups -OCH3 is 1. The number of alkyl halides is 1. The number of hydrogen-bond acceptors (Lipinski definition) is 2. The summed E-state index contributed by atoms with van der Waals surface area (Å²) in [5, 5.41) is 0. The Bertz CT molecular complexity index is 392. The summed E-state index contributed by atoms with van der Waals surface area (Å²) in [4.78, 5) is 14.0. The highest BCUT2D eigenvalue weighted by Gasteiger charge is 2.15. The third-order valence-electron chi connectivity index (χ3n) is 2.50. The van der Waals surface area contributed by atoms with Gasteiger partial charge in [-0.25, -0.2) is 0 Å². The van der Waals surface area contributed by atoms with Gasteiger partial charge in [0.15, 0.2) is 0 Å². The molecule has 0 aliphatic rings. The second kappa shape index (κ2) is 7.77. The molecule has 0 aliphatic heterocycles. The highest BCUT2D eigenvalue weighted by molar-refractivity contribution is 9.10. The fraction of sp³-hybridized carbons (Fsp3) is 0.462. The zero-order chi connectivity index (χ0) is 13.5. The molecule has 1 aromatic carbocycles. The van der Waals surface area contributed by atoms with E-state index in [1.807, 2.05) is 25.1 Å². The lowest BCUT2D eigenvalue weighted by Gasteiger charge is -2.21. The molecule has 0 N–H and O–H groups in total. The molecule has 3 nitrogen and oxygen atoms in total. The summed E-state index contributed by atoms with van der Waals surface area (Å²) in [6, 6.07) is 5.67. The van der Waals surface area contributed by atoms with Crippen molar-refractivity contribution in [3.63, 3.8) is 0 Å². The second-order valence-corrected chi connectivity index (χ2v) is 5.28. The van der Waals surface area contributed by atoms with E-state index >= 15 is 0 Å². The molecular weight excluding hydrogens is 318 g/mol. The van der Waals surface area contributed by atoms with Crippen LogP contribution in [0.4, 0.5) is 0 Å². The van der Waals surface area contributed by atoms with E-state index < -0.39 is 0 Å². The molecule has 0 saturated carbocycles. The van der Waals surface area contributed by atoms with Gasteiger partial charge in [0, 0.05) is 36.1 Å². The van der Waals surface area contributed by atoms with Crippen molar-refractivity contribution in [2.24, 2.45) is 0 Å². The minimum Gasteiger partial charge on any atom is -0.383 e. The Balaban J connectivity index is 2.86. The van der Waals surface area contributed by atoms with Gasteiger partial charge in [-0.3, -0.25) is 4.79 Å². The number of carbonyl (C=O) groups excluding carboxylic acids is 1. The summed E-state index contributed by atoms with van der Waals surface area (Å²) in [5.74, 6) is 0.403. The number of rotatable bonds is 6. The van der Waals surface area contributed by atoms with Crippen LogP contribution in [-0.4, -0.2) is 43.5 Å². The average Bonchev–Trinajstić information content (AvgIpc) is 2.32. The molecule has 0 fully saturated rings. The molecule has 1 aromatic rings. The third kappa shape index (κ3) is 4.59. The lowest BCUT2D eigenvalue weighted by Crippen LogP contribution is -2.35. The van der Waals surface area contributed by atoms with Gasteiger partial charge < -0.3 is 9.64 Å². The van der Waals surface area contributed by atoms with E-state index in [0.717, 1.165) is 10.0 Å². The molecule has 0 radical (unpaired) electrons. The van der Waals surface area contributed by atoms with Crippen LogP contribution in [-0.2, 0) is 4.74 Å². The molecule has 0 aliphatic carbocycles. The number of aryl methyl sites for hydroxylation is 1. The second-order valence-electron chi connectivity index (χ2n) is 3.99. The smallest absolute Gasteiger partial charge is 0.254 e. The maximum absolute atomic E-state index is 12.3. The number of hydrogen-bond donors (Lipinski definition) is 0. The van der Waals surface area contributed by atoms with E-state index in [1.54, 1.807) is 12.0 Å². The van der Waals surface area contributed by atoms with Crippen molar-refractivity contribution in [1.82, 2.24) is 4.90 Å². The van der Waals surface area contributed by atoms with Crippen LogP contribution < -0.4 is 0 Å². The van der Waals surface area contributed by atoms with E-state index in [4.69, 9.17) is 16.3 Å². The summed E-state index contributed by atoms with van der Waals surface area (Å²) in [6.07, 6.45) is 0. The van der Waals surface area contributed by atoms with Crippen LogP contribution in [0.3, 0.4) is 0 Å². The van der Waals surface area contributed by atoms with Gasteiger partial charge in [-0.15, -0.1) is 11.6 Å².